The minimum atomic E-state index is -3.03. The molecular weight excluding hydrogens is 332 g/mol. The van der Waals surface area contributed by atoms with Crippen LogP contribution in [0.15, 0.2) is 18.2 Å². The summed E-state index contributed by atoms with van der Waals surface area (Å²) in [7, 11) is 0. The van der Waals surface area contributed by atoms with E-state index in [1.807, 2.05) is 0 Å². The zero-order chi connectivity index (χ0) is 17.2. The Hall–Kier alpha value is -1.89. The topological polar surface area (TPSA) is 75.6 Å². The molecule has 0 heterocycles. The van der Waals surface area contributed by atoms with Gasteiger partial charge >= 0.3 is 12.6 Å². The highest BCUT2D eigenvalue weighted by Gasteiger charge is 2.16. The largest absolute Gasteiger partial charge is 0.481 e. The van der Waals surface area contributed by atoms with E-state index in [0.717, 1.165) is 12.8 Å². The molecule has 0 atom stereocenters. The summed E-state index contributed by atoms with van der Waals surface area (Å²) in [6.07, 6.45) is 2.90. The van der Waals surface area contributed by atoms with Gasteiger partial charge in [0.2, 0.25) is 0 Å². The van der Waals surface area contributed by atoms with E-state index in [1.165, 1.54) is 18.2 Å². The van der Waals surface area contributed by atoms with Gasteiger partial charge in [-0.1, -0.05) is 24.4 Å². The molecule has 0 fully saturated rings. The van der Waals surface area contributed by atoms with Gasteiger partial charge in [0.1, 0.15) is 5.75 Å². The molecule has 0 spiro atoms. The van der Waals surface area contributed by atoms with E-state index in [2.05, 4.69) is 10.1 Å². The van der Waals surface area contributed by atoms with Crippen molar-refractivity contribution in [2.45, 2.75) is 38.7 Å². The number of benzene rings is 1. The number of carboxylic acids is 1. The first-order valence-corrected chi connectivity index (χ1v) is 7.52. The van der Waals surface area contributed by atoms with Crippen LogP contribution in [-0.2, 0) is 4.79 Å². The zero-order valence-electron chi connectivity index (χ0n) is 12.4. The lowest BCUT2D eigenvalue weighted by Crippen LogP contribution is -2.25. The number of amides is 1. The van der Waals surface area contributed by atoms with E-state index >= 15 is 0 Å². The Morgan fingerprint density at radius 2 is 1.91 bits per heavy atom. The number of hydrogen-bond acceptors (Lipinski definition) is 3. The number of rotatable bonds is 10. The number of nitrogens with one attached hydrogen (secondary N) is 1. The monoisotopic (exact) mass is 349 g/mol. The van der Waals surface area contributed by atoms with Gasteiger partial charge in [-0.2, -0.15) is 8.78 Å². The van der Waals surface area contributed by atoms with Gasteiger partial charge in [-0.3, -0.25) is 9.59 Å². The van der Waals surface area contributed by atoms with Crippen LogP contribution in [0.2, 0.25) is 5.02 Å². The van der Waals surface area contributed by atoms with E-state index < -0.39 is 18.5 Å². The molecule has 0 saturated heterocycles. The fourth-order valence-electron chi connectivity index (χ4n) is 1.93. The van der Waals surface area contributed by atoms with Gasteiger partial charge in [0.15, 0.2) is 0 Å². The zero-order valence-corrected chi connectivity index (χ0v) is 13.1. The summed E-state index contributed by atoms with van der Waals surface area (Å²) in [5, 5.41) is 11.3. The molecule has 0 bridgehead atoms. The van der Waals surface area contributed by atoms with Crippen LogP contribution in [0.4, 0.5) is 8.78 Å². The number of alkyl halides is 2. The first-order valence-electron chi connectivity index (χ1n) is 7.14. The van der Waals surface area contributed by atoms with Crippen LogP contribution in [0.5, 0.6) is 5.75 Å². The van der Waals surface area contributed by atoms with Gasteiger partial charge in [-0.15, -0.1) is 0 Å². The van der Waals surface area contributed by atoms with Crippen LogP contribution in [0.25, 0.3) is 0 Å². The molecule has 128 valence electrons. The van der Waals surface area contributed by atoms with Gasteiger partial charge in [0.05, 0.1) is 5.56 Å². The molecule has 23 heavy (non-hydrogen) atoms. The number of carboxylic acid groups (broad SMARTS) is 1. The number of carbonyl (C=O) groups excluding carboxylic acids is 1. The predicted molar refractivity (Wildman–Crippen MR) is 81.1 cm³/mol. The van der Waals surface area contributed by atoms with Crippen molar-refractivity contribution in [3.05, 3.63) is 28.8 Å². The fraction of sp³-hybridized carbons (Fsp3) is 0.467. The Morgan fingerprint density at radius 1 is 1.22 bits per heavy atom. The molecule has 0 radical (unpaired) electrons. The summed E-state index contributed by atoms with van der Waals surface area (Å²) < 4.78 is 28.9. The molecule has 0 unspecified atom stereocenters. The quantitative estimate of drug-likeness (QED) is 0.631. The fourth-order valence-corrected chi connectivity index (χ4v) is 2.10. The third kappa shape index (κ3) is 7.78. The molecule has 0 aromatic heterocycles. The van der Waals surface area contributed by atoms with Crippen molar-refractivity contribution in [1.29, 1.82) is 0 Å². The van der Waals surface area contributed by atoms with Crippen LogP contribution in [0.1, 0.15) is 42.5 Å². The maximum atomic E-state index is 12.3. The highest BCUT2D eigenvalue weighted by atomic mass is 35.5. The maximum absolute atomic E-state index is 12.3. The van der Waals surface area contributed by atoms with Crippen molar-refractivity contribution in [2.24, 2.45) is 0 Å². The highest BCUT2D eigenvalue weighted by Crippen LogP contribution is 2.24. The summed E-state index contributed by atoms with van der Waals surface area (Å²) in [5.41, 5.74) is -0.0522. The second kappa shape index (κ2) is 9.99. The molecule has 1 aromatic carbocycles. The second-order valence-corrected chi connectivity index (χ2v) is 5.27. The molecule has 0 aliphatic carbocycles. The minimum Gasteiger partial charge on any atom is -0.481 e. The lowest BCUT2D eigenvalue weighted by Gasteiger charge is -2.11. The first kappa shape index (κ1) is 19.2. The molecular formula is C15H18ClF2NO4. The molecule has 0 aliphatic heterocycles. The average molecular weight is 350 g/mol. The number of hydrogen-bond donors (Lipinski definition) is 2. The summed E-state index contributed by atoms with van der Waals surface area (Å²) in [4.78, 5) is 22.3. The Kier molecular flexibility index (Phi) is 8.32. The van der Waals surface area contributed by atoms with Gasteiger partial charge in [-0.05, 0) is 31.0 Å². The number of unbranched alkanes of at least 4 members (excludes halogenated alkanes) is 3. The lowest BCUT2D eigenvalue weighted by atomic mass is 10.1. The van der Waals surface area contributed by atoms with Gasteiger partial charge in [-0.25, -0.2) is 0 Å². The Bertz CT molecular complexity index is 540. The molecule has 1 aromatic rings. The van der Waals surface area contributed by atoms with Crippen molar-refractivity contribution < 1.29 is 28.2 Å². The van der Waals surface area contributed by atoms with Crippen LogP contribution < -0.4 is 10.1 Å². The van der Waals surface area contributed by atoms with E-state index in [0.29, 0.717) is 19.4 Å². The van der Waals surface area contributed by atoms with E-state index in [9.17, 15) is 18.4 Å². The van der Waals surface area contributed by atoms with Crippen molar-refractivity contribution in [1.82, 2.24) is 5.32 Å². The third-order valence-electron chi connectivity index (χ3n) is 3.01. The van der Waals surface area contributed by atoms with Crippen molar-refractivity contribution in [3.63, 3.8) is 0 Å². The van der Waals surface area contributed by atoms with E-state index in [4.69, 9.17) is 16.7 Å². The molecule has 1 rings (SSSR count). The van der Waals surface area contributed by atoms with Crippen LogP contribution >= 0.6 is 11.6 Å². The minimum absolute atomic E-state index is 0.0522. The molecule has 8 heteroatoms. The molecule has 5 nitrogen and oxygen atoms in total. The highest BCUT2D eigenvalue weighted by molar-refractivity contribution is 6.31. The van der Waals surface area contributed by atoms with Gasteiger partial charge in [0, 0.05) is 18.0 Å². The normalized spacial score (nSPS) is 10.6. The summed E-state index contributed by atoms with van der Waals surface area (Å²) in [6.45, 7) is -2.68. The number of ether oxygens (including phenoxy) is 1. The Morgan fingerprint density at radius 3 is 2.57 bits per heavy atom. The van der Waals surface area contributed by atoms with Crippen molar-refractivity contribution in [2.75, 3.05) is 6.54 Å². The van der Waals surface area contributed by atoms with E-state index in [1.54, 1.807) is 0 Å². The average Bonchev–Trinajstić information content (AvgIpc) is 2.47. The number of aliphatic carboxylic acids is 1. The van der Waals surface area contributed by atoms with Crippen LogP contribution in [0.3, 0.4) is 0 Å². The smallest absolute Gasteiger partial charge is 0.387 e. The Labute approximate surface area is 137 Å². The maximum Gasteiger partial charge on any atom is 0.387 e. The lowest BCUT2D eigenvalue weighted by molar-refractivity contribution is -0.137. The van der Waals surface area contributed by atoms with E-state index in [-0.39, 0.29) is 22.8 Å². The molecule has 2 N–H and O–H groups in total. The van der Waals surface area contributed by atoms with Crippen LogP contribution in [-0.4, -0.2) is 30.1 Å². The molecule has 1 amide bonds. The summed E-state index contributed by atoms with van der Waals surface area (Å²) in [5.74, 6) is -1.61. The van der Waals surface area contributed by atoms with Crippen molar-refractivity contribution in [3.8, 4) is 5.75 Å². The molecule has 0 saturated carbocycles. The van der Waals surface area contributed by atoms with Gasteiger partial charge in [0.25, 0.3) is 5.91 Å². The predicted octanol–water partition coefficient (Wildman–Crippen LogP) is 3.71. The number of halogens is 3. The molecule has 0 aliphatic rings. The standard InChI is InChI=1S/C15H18ClF2NO4/c16-10-6-7-12(23-15(17)18)11(9-10)14(22)19-8-4-2-1-3-5-13(20)21/h6-7,9,15H,1-5,8H2,(H,19,22)(H,20,21). The van der Waals surface area contributed by atoms with Crippen molar-refractivity contribution >= 4 is 23.5 Å². The number of carbonyl (C=O) groups is 2. The third-order valence-corrected chi connectivity index (χ3v) is 3.24. The summed E-state index contributed by atoms with van der Waals surface area (Å²) >= 11 is 5.77. The van der Waals surface area contributed by atoms with Gasteiger partial charge < -0.3 is 15.2 Å². The second-order valence-electron chi connectivity index (χ2n) is 4.83. The Balaban J connectivity index is 2.42. The van der Waals surface area contributed by atoms with Crippen LogP contribution in [0, 0.1) is 0 Å². The first-order chi connectivity index (χ1) is 10.9. The SMILES string of the molecule is O=C(O)CCCCCCNC(=O)c1cc(Cl)ccc1OC(F)F. The summed E-state index contributed by atoms with van der Waals surface area (Å²) in [6, 6.07) is 3.84.